The maximum absolute atomic E-state index is 14.9. The molecule has 2 fully saturated rings. The molecular weight excluding hydrogens is 662 g/mol. The standard InChI is InChI=1S/C39H43N7O6/c1-2-39-30(37(49)44-16-18-45(19-17-44)38(50)33-7-4-21-52-33)22-27(24-34(47)41-11-5-13-43-15-12-40-25-43)36(48)46(39)14-10-29-28-9-8-26(32-6-3-20-51-32)23-31(28)42-35(29)39/h3-4,6-9,12,15,20-21,23,25,27,30,42H,2,5,10-11,13-14,16-19,22,24H2,1H3,(H,41,47)/t27-,30-,39+/m1/s1. The minimum Gasteiger partial charge on any atom is -0.464 e. The zero-order chi connectivity index (χ0) is 35.8. The van der Waals surface area contributed by atoms with Crippen LogP contribution in [0.1, 0.15) is 54.4 Å². The molecule has 0 saturated carbocycles. The molecule has 3 aliphatic rings. The fourth-order valence-corrected chi connectivity index (χ4v) is 8.71. The highest BCUT2D eigenvalue weighted by Gasteiger charge is 2.59. The average molecular weight is 706 g/mol. The number of fused-ring (bicyclic) bond motifs is 5. The van der Waals surface area contributed by atoms with Crippen LogP contribution in [-0.2, 0) is 32.9 Å². The third-order valence-electron chi connectivity index (χ3n) is 11.3. The summed E-state index contributed by atoms with van der Waals surface area (Å²) in [6, 6.07) is 13.3. The van der Waals surface area contributed by atoms with E-state index >= 15 is 0 Å². The quantitative estimate of drug-likeness (QED) is 0.204. The lowest BCUT2D eigenvalue weighted by atomic mass is 9.65. The second kappa shape index (κ2) is 13.9. The Morgan fingerprint density at radius 1 is 1.02 bits per heavy atom. The van der Waals surface area contributed by atoms with E-state index in [1.165, 1.54) is 6.26 Å². The molecule has 2 saturated heterocycles. The van der Waals surface area contributed by atoms with Gasteiger partial charge in [0.15, 0.2) is 5.76 Å². The topological polar surface area (TPSA) is 150 Å². The van der Waals surface area contributed by atoms with Gasteiger partial charge in [-0.25, -0.2) is 4.98 Å². The highest BCUT2D eigenvalue weighted by atomic mass is 16.3. The van der Waals surface area contributed by atoms with Gasteiger partial charge in [0.2, 0.25) is 17.7 Å². The molecule has 270 valence electrons. The first-order valence-corrected chi connectivity index (χ1v) is 18.2. The van der Waals surface area contributed by atoms with E-state index in [9.17, 15) is 19.2 Å². The molecule has 0 bridgehead atoms. The van der Waals surface area contributed by atoms with Crippen molar-refractivity contribution in [2.24, 2.45) is 11.8 Å². The van der Waals surface area contributed by atoms with Crippen LogP contribution >= 0.6 is 0 Å². The fourth-order valence-electron chi connectivity index (χ4n) is 8.71. The van der Waals surface area contributed by atoms with E-state index in [4.69, 9.17) is 8.83 Å². The number of furan rings is 2. The van der Waals surface area contributed by atoms with Crippen molar-refractivity contribution in [1.29, 1.82) is 0 Å². The molecule has 13 heteroatoms. The normalized spacial score (nSPS) is 21.6. The minimum absolute atomic E-state index is 0.0154. The van der Waals surface area contributed by atoms with Crippen molar-refractivity contribution in [3.63, 3.8) is 0 Å². The SMILES string of the molecule is CC[C@]12c3[nH]c4cc(-c5ccco5)ccc4c3CCN1C(=O)[C@@H](CC(=O)NCCCn1ccnc1)C[C@@H]2C(=O)N1CCN(C(=O)c2ccco2)CC1. The van der Waals surface area contributed by atoms with Crippen LogP contribution in [0.5, 0.6) is 0 Å². The molecule has 8 rings (SSSR count). The first-order chi connectivity index (χ1) is 25.4. The number of nitrogens with one attached hydrogen (secondary N) is 2. The number of aromatic nitrogens is 3. The van der Waals surface area contributed by atoms with E-state index in [-0.39, 0.29) is 42.2 Å². The van der Waals surface area contributed by atoms with E-state index in [2.05, 4.69) is 27.4 Å². The van der Waals surface area contributed by atoms with Crippen LogP contribution in [0.25, 0.3) is 22.2 Å². The van der Waals surface area contributed by atoms with Gasteiger partial charge in [0.05, 0.1) is 30.3 Å². The number of aryl methyl sites for hydroxylation is 1. The lowest BCUT2D eigenvalue weighted by Gasteiger charge is -2.56. The number of carbonyl (C=O) groups excluding carboxylic acids is 4. The molecule has 13 nitrogen and oxygen atoms in total. The van der Waals surface area contributed by atoms with Crippen LogP contribution < -0.4 is 5.32 Å². The van der Waals surface area contributed by atoms with Crippen molar-refractivity contribution in [2.45, 2.75) is 51.1 Å². The molecule has 7 heterocycles. The summed E-state index contributed by atoms with van der Waals surface area (Å²) in [7, 11) is 0. The smallest absolute Gasteiger partial charge is 0.289 e. The summed E-state index contributed by atoms with van der Waals surface area (Å²) in [4.78, 5) is 68.9. The molecule has 0 radical (unpaired) electrons. The van der Waals surface area contributed by atoms with E-state index in [1.807, 2.05) is 45.7 Å². The van der Waals surface area contributed by atoms with Crippen LogP contribution in [0.15, 0.2) is 82.5 Å². The van der Waals surface area contributed by atoms with Gasteiger partial charge < -0.3 is 38.4 Å². The van der Waals surface area contributed by atoms with Crippen molar-refractivity contribution in [2.75, 3.05) is 39.3 Å². The Labute approximate surface area is 300 Å². The summed E-state index contributed by atoms with van der Waals surface area (Å²) < 4.78 is 13.0. The number of piperidine rings is 1. The van der Waals surface area contributed by atoms with Gasteiger partial charge in [0.1, 0.15) is 5.76 Å². The predicted octanol–water partition coefficient (Wildman–Crippen LogP) is 4.42. The van der Waals surface area contributed by atoms with Crippen molar-refractivity contribution in [3.05, 3.63) is 90.7 Å². The first-order valence-electron chi connectivity index (χ1n) is 18.2. The van der Waals surface area contributed by atoms with Crippen molar-refractivity contribution >= 4 is 34.5 Å². The number of hydrogen-bond donors (Lipinski definition) is 2. The van der Waals surface area contributed by atoms with Gasteiger partial charge >= 0.3 is 0 Å². The summed E-state index contributed by atoms with van der Waals surface area (Å²) in [5.41, 5.74) is 2.95. The van der Waals surface area contributed by atoms with Crippen LogP contribution in [0.4, 0.5) is 0 Å². The number of rotatable bonds is 10. The molecule has 52 heavy (non-hydrogen) atoms. The molecule has 2 N–H and O–H groups in total. The van der Waals surface area contributed by atoms with Gasteiger partial charge in [0, 0.05) is 92.7 Å². The second-order valence-electron chi connectivity index (χ2n) is 14.0. The fraction of sp³-hybridized carbons (Fsp3) is 0.410. The van der Waals surface area contributed by atoms with Crippen molar-refractivity contribution in [1.82, 2.24) is 34.6 Å². The Hall–Kier alpha value is -5.59. The van der Waals surface area contributed by atoms with Gasteiger partial charge in [-0.1, -0.05) is 19.1 Å². The Kier molecular flexibility index (Phi) is 8.94. The number of hydrogen-bond acceptors (Lipinski definition) is 7. The Morgan fingerprint density at radius 3 is 2.56 bits per heavy atom. The summed E-state index contributed by atoms with van der Waals surface area (Å²) >= 11 is 0. The lowest BCUT2D eigenvalue weighted by Crippen LogP contribution is -2.66. The number of amides is 4. The van der Waals surface area contributed by atoms with Gasteiger partial charge in [-0.2, -0.15) is 0 Å². The number of piperazine rings is 1. The highest BCUT2D eigenvalue weighted by Crippen LogP contribution is 2.52. The van der Waals surface area contributed by atoms with Crippen LogP contribution in [0, 0.1) is 11.8 Å². The monoisotopic (exact) mass is 705 g/mol. The summed E-state index contributed by atoms with van der Waals surface area (Å²) in [6.45, 7) is 5.17. The second-order valence-corrected chi connectivity index (χ2v) is 14.0. The number of H-pyrrole nitrogens is 1. The highest BCUT2D eigenvalue weighted by molar-refractivity contribution is 5.94. The zero-order valence-corrected chi connectivity index (χ0v) is 29.3. The van der Waals surface area contributed by atoms with E-state index in [1.54, 1.807) is 35.8 Å². The van der Waals surface area contributed by atoms with Crippen molar-refractivity contribution < 1.29 is 28.0 Å². The minimum atomic E-state index is -0.926. The molecule has 0 unspecified atom stereocenters. The van der Waals surface area contributed by atoms with Crippen LogP contribution in [-0.4, -0.2) is 92.1 Å². The molecule has 0 aliphatic carbocycles. The molecule has 3 aliphatic heterocycles. The van der Waals surface area contributed by atoms with E-state index in [0.29, 0.717) is 52.1 Å². The van der Waals surface area contributed by atoms with E-state index in [0.717, 1.165) is 46.4 Å². The summed E-state index contributed by atoms with van der Waals surface area (Å²) in [5.74, 6) is -0.743. The third-order valence-corrected chi connectivity index (χ3v) is 11.3. The Bertz CT molecular complexity index is 2060. The van der Waals surface area contributed by atoms with Gasteiger partial charge in [0.25, 0.3) is 5.91 Å². The number of aromatic amines is 1. The number of nitrogens with zero attached hydrogens (tertiary/aromatic N) is 5. The molecule has 0 spiro atoms. The molecule has 5 aromatic rings. The van der Waals surface area contributed by atoms with E-state index < -0.39 is 17.4 Å². The third kappa shape index (κ3) is 5.87. The summed E-state index contributed by atoms with van der Waals surface area (Å²) in [5, 5.41) is 4.06. The zero-order valence-electron chi connectivity index (χ0n) is 29.3. The number of carbonyl (C=O) groups is 4. The van der Waals surface area contributed by atoms with Crippen molar-refractivity contribution in [3.8, 4) is 11.3 Å². The van der Waals surface area contributed by atoms with Crippen LogP contribution in [0.2, 0.25) is 0 Å². The molecule has 4 amide bonds. The predicted molar refractivity (Wildman–Crippen MR) is 191 cm³/mol. The van der Waals surface area contributed by atoms with Gasteiger partial charge in [-0.05, 0) is 61.6 Å². The molecular formula is C39H43N7O6. The Balaban J connectivity index is 1.08. The summed E-state index contributed by atoms with van der Waals surface area (Å²) in [6.07, 6.45) is 10.6. The molecule has 1 aromatic carbocycles. The maximum atomic E-state index is 14.9. The van der Waals surface area contributed by atoms with Gasteiger partial charge in [-0.15, -0.1) is 0 Å². The maximum Gasteiger partial charge on any atom is 0.289 e. The number of benzene rings is 1. The average Bonchev–Trinajstić information content (AvgIpc) is 4.01. The number of imidazole rings is 1. The Morgan fingerprint density at radius 2 is 1.83 bits per heavy atom. The molecule has 3 atom stereocenters. The first kappa shape index (κ1) is 33.5. The lowest BCUT2D eigenvalue weighted by molar-refractivity contribution is -0.167. The van der Waals surface area contributed by atoms with Gasteiger partial charge in [-0.3, -0.25) is 19.2 Å². The largest absolute Gasteiger partial charge is 0.464 e. The van der Waals surface area contributed by atoms with Crippen LogP contribution in [0.3, 0.4) is 0 Å². The molecule has 4 aromatic heterocycles.